The highest BCUT2D eigenvalue weighted by Crippen LogP contribution is 2.23. The molecule has 0 aliphatic carbocycles. The number of nitrogens with one attached hydrogen (secondary N) is 13. The maximum Gasteiger partial charge on any atom is 0.328 e. The highest BCUT2D eigenvalue weighted by Gasteiger charge is 2.41. The number of carboxylic acids is 3. The lowest BCUT2D eigenvalue weighted by Crippen LogP contribution is -2.61. The fourth-order valence-corrected chi connectivity index (χ4v) is 11.7. The Labute approximate surface area is 600 Å². The number of aliphatic carboxylic acids is 3. The van der Waals surface area contributed by atoms with Crippen molar-refractivity contribution in [2.45, 2.75) is 199 Å². The Kier molecular flexibility index (Phi) is 34.5. The van der Waals surface area contributed by atoms with Crippen LogP contribution < -0.4 is 69.5 Å². The van der Waals surface area contributed by atoms with Gasteiger partial charge in [-0.15, -0.1) is 0 Å². The summed E-state index contributed by atoms with van der Waals surface area (Å²) in [5.74, 6) is -17.8. The van der Waals surface area contributed by atoms with E-state index in [-0.39, 0.29) is 57.0 Å². The largest absolute Gasteiger partial charge is 0.481 e. The van der Waals surface area contributed by atoms with Crippen molar-refractivity contribution < 1.29 is 102 Å². The van der Waals surface area contributed by atoms with Crippen LogP contribution in [-0.2, 0) is 87.9 Å². The second kappa shape index (κ2) is 41.7. The third-order valence-corrected chi connectivity index (χ3v) is 17.2. The average Bonchev–Trinajstić information content (AvgIpc) is 1.54. The van der Waals surface area contributed by atoms with E-state index in [2.05, 4.69) is 68.8 Å². The fourth-order valence-electron chi connectivity index (χ4n) is 11.7. The van der Waals surface area contributed by atoms with Crippen molar-refractivity contribution >= 4 is 112 Å². The first-order chi connectivity index (χ1) is 48.9. The SMILES string of the molecule is CC(C)C[C@H](NC(=O)CN)C(=O)N[C@@H](CC(C)C)C(=O)N[C@@H](Cc1c[nH]c2ccccc12)C(=O)N[C@H](C(=O)N[C@@H](CCC(=O)O)C(=O)N[C@H](C(=O)NCC(=O)NCC(=O)N[C@@H](CCC(=O)O)C(=O)NCC(=O)N1CCC[C@H]1C(=O)NCC(=O)N1CCC[C@H]1C(=O)N[C@H](C(=O)O)[C@@H](C)O)C(C)C)C(C)C. The van der Waals surface area contributed by atoms with Crippen LogP contribution in [0.4, 0.5) is 0 Å². The van der Waals surface area contributed by atoms with E-state index >= 15 is 0 Å². The van der Waals surface area contributed by atoms with Gasteiger partial charge in [0.25, 0.3) is 0 Å². The predicted octanol–water partition coefficient (Wildman–Crippen LogP) is -4.41. The van der Waals surface area contributed by atoms with Gasteiger partial charge in [0.05, 0.1) is 38.8 Å². The molecule has 2 saturated heterocycles. The molecule has 11 atom stereocenters. The molecule has 0 spiro atoms. The number of aromatic amines is 1. The molecule has 2 aliphatic heterocycles. The number of H-pyrrole nitrogens is 1. The van der Waals surface area contributed by atoms with Crippen LogP contribution >= 0.6 is 0 Å². The number of carbonyl (C=O) groups excluding carboxylic acids is 14. The first kappa shape index (κ1) is 86.1. The zero-order valence-corrected chi connectivity index (χ0v) is 60.0. The van der Waals surface area contributed by atoms with Crippen LogP contribution in [0.1, 0.15) is 132 Å². The van der Waals surface area contributed by atoms with Gasteiger partial charge < -0.3 is 105 Å². The van der Waals surface area contributed by atoms with Crippen molar-refractivity contribution in [3.8, 4) is 0 Å². The highest BCUT2D eigenvalue weighted by atomic mass is 16.4. The van der Waals surface area contributed by atoms with Crippen LogP contribution in [0.15, 0.2) is 30.5 Å². The maximum atomic E-state index is 14.6. The van der Waals surface area contributed by atoms with Crippen molar-refractivity contribution in [1.29, 1.82) is 0 Å². The predicted molar refractivity (Wildman–Crippen MR) is 370 cm³/mol. The van der Waals surface area contributed by atoms with Crippen LogP contribution in [0.3, 0.4) is 0 Å². The quantitative estimate of drug-likeness (QED) is 0.0298. The number of nitrogens with two attached hydrogens (primary N) is 1. The molecule has 104 heavy (non-hydrogen) atoms. The average molecular weight is 1470 g/mol. The van der Waals surface area contributed by atoms with Gasteiger partial charge in [-0.2, -0.15) is 0 Å². The third-order valence-electron chi connectivity index (χ3n) is 17.2. The van der Waals surface area contributed by atoms with Gasteiger partial charge in [-0.25, -0.2) is 4.79 Å². The second-order valence-corrected chi connectivity index (χ2v) is 27.3. The molecule has 19 N–H and O–H groups in total. The summed E-state index contributed by atoms with van der Waals surface area (Å²) in [5.41, 5.74) is 6.82. The molecule has 1 aromatic heterocycles. The Hall–Kier alpha value is -10.3. The van der Waals surface area contributed by atoms with Crippen molar-refractivity contribution in [3.05, 3.63) is 36.0 Å². The van der Waals surface area contributed by atoms with E-state index in [9.17, 15) is 102 Å². The smallest absolute Gasteiger partial charge is 0.328 e. The molecule has 4 rings (SSSR count). The standard InChI is InChI=1S/C67H102N16O21/c1-33(2)24-43(75-48(85)27-68)60(96)77-44(25-34(3)4)61(97)78-45(26-38-28-69-40-15-11-10-14-39(38)40)62(98)80-56(36(7)8)66(102)76-42(19-21-54(92)93)59(95)79-55(35(5)6)65(101)71-29-49(86)70-30-50(87)74-41(18-20-53(90)91)58(94)72-31-51(88)82-22-12-16-46(82)63(99)73-32-52(89)83-23-13-17-47(83)64(100)81-57(37(9)84)67(103)104/h10-11,14-15,28,33-37,41-47,55-57,69,84H,12-13,16-27,29-32,68H2,1-9H3,(H,70,86)(H,71,101)(H,72,94)(H,73,99)(H,74,87)(H,75,85)(H,76,102)(H,77,96)(H,78,97)(H,79,95)(H,80,98)(H,81,100)(H,90,91)(H,92,93)(H,103,104)/t37-,41+,42+,43+,44+,45+,46+,47+,55+,56+,57+/m1/s1. The van der Waals surface area contributed by atoms with Crippen molar-refractivity contribution in [2.75, 3.05) is 45.8 Å². The molecule has 1 aromatic carbocycles. The van der Waals surface area contributed by atoms with E-state index in [1.807, 2.05) is 27.7 Å². The number of hydrogen-bond donors (Lipinski definition) is 18. The number of fused-ring (bicyclic) bond motifs is 1. The van der Waals surface area contributed by atoms with E-state index in [0.717, 1.165) is 9.80 Å². The zero-order chi connectivity index (χ0) is 77.8. The van der Waals surface area contributed by atoms with E-state index in [0.29, 0.717) is 29.3 Å². The van der Waals surface area contributed by atoms with Crippen LogP contribution in [0, 0.1) is 23.7 Å². The number of nitrogens with zero attached hydrogens (tertiary/aromatic N) is 2. The lowest BCUT2D eigenvalue weighted by molar-refractivity contribution is -0.146. The number of para-hydroxylation sites is 1. The fraction of sp³-hybridized carbons (Fsp3) is 0.627. The van der Waals surface area contributed by atoms with Crippen LogP contribution in [0.2, 0.25) is 0 Å². The minimum atomic E-state index is -1.66. The van der Waals surface area contributed by atoms with E-state index in [1.54, 1.807) is 44.3 Å². The van der Waals surface area contributed by atoms with Gasteiger partial charge in [-0.3, -0.25) is 76.7 Å². The Morgan fingerprint density at radius 3 is 1.45 bits per heavy atom. The van der Waals surface area contributed by atoms with Gasteiger partial charge in [0, 0.05) is 49.5 Å². The lowest BCUT2D eigenvalue weighted by Gasteiger charge is -2.29. The number of aliphatic hydroxyl groups excluding tert-OH is 1. The Bertz CT molecular complexity index is 3430. The van der Waals surface area contributed by atoms with Crippen molar-refractivity contribution in [3.63, 3.8) is 0 Å². The van der Waals surface area contributed by atoms with Crippen LogP contribution in [0.5, 0.6) is 0 Å². The molecular formula is C67H102N16O21. The molecule has 0 bridgehead atoms. The van der Waals surface area contributed by atoms with Crippen molar-refractivity contribution in [2.24, 2.45) is 29.4 Å². The Morgan fingerprint density at radius 1 is 0.481 bits per heavy atom. The molecule has 3 heterocycles. The number of carbonyl (C=O) groups is 17. The minimum Gasteiger partial charge on any atom is -0.481 e. The summed E-state index contributed by atoms with van der Waals surface area (Å²) < 4.78 is 0. The van der Waals surface area contributed by atoms with Crippen molar-refractivity contribution in [1.82, 2.24) is 78.6 Å². The first-order valence-electron chi connectivity index (χ1n) is 34.6. The summed E-state index contributed by atoms with van der Waals surface area (Å²) in [6.07, 6.45) is -0.896. The number of likely N-dealkylation sites (tertiary alicyclic amines) is 2. The molecule has 37 heteroatoms. The molecule has 0 radical (unpaired) electrons. The summed E-state index contributed by atoms with van der Waals surface area (Å²) in [7, 11) is 0. The van der Waals surface area contributed by atoms with Crippen LogP contribution in [0.25, 0.3) is 10.9 Å². The maximum absolute atomic E-state index is 14.6. The number of carboxylic acid groups (broad SMARTS) is 3. The van der Waals surface area contributed by atoms with Gasteiger partial charge in [0.2, 0.25) is 82.7 Å². The third kappa shape index (κ3) is 27.5. The molecular weight excluding hydrogens is 1360 g/mol. The Balaban J connectivity index is 1.38. The van der Waals surface area contributed by atoms with Gasteiger partial charge in [0.1, 0.15) is 54.4 Å². The lowest BCUT2D eigenvalue weighted by atomic mass is 9.98. The summed E-state index contributed by atoms with van der Waals surface area (Å²) in [5, 5.41) is 68.5. The summed E-state index contributed by atoms with van der Waals surface area (Å²) in [6.45, 7) is 11.5. The molecule has 2 fully saturated rings. The molecule has 14 amide bonds. The number of benzene rings is 1. The monoisotopic (exact) mass is 1470 g/mol. The minimum absolute atomic E-state index is 0.0597. The number of hydrogen-bond acceptors (Lipinski definition) is 19. The summed E-state index contributed by atoms with van der Waals surface area (Å²) in [4.78, 5) is 230. The zero-order valence-electron chi connectivity index (χ0n) is 60.0. The normalized spacial score (nSPS) is 16.8. The number of aromatic nitrogens is 1. The second-order valence-electron chi connectivity index (χ2n) is 27.3. The molecule has 37 nitrogen and oxygen atoms in total. The van der Waals surface area contributed by atoms with Gasteiger partial charge >= 0.3 is 17.9 Å². The van der Waals surface area contributed by atoms with Gasteiger partial charge in [0.15, 0.2) is 6.04 Å². The summed E-state index contributed by atoms with van der Waals surface area (Å²) >= 11 is 0. The number of amides is 14. The molecule has 2 aromatic rings. The number of rotatable bonds is 42. The molecule has 576 valence electrons. The Morgan fingerprint density at radius 2 is 0.933 bits per heavy atom. The van der Waals surface area contributed by atoms with Gasteiger partial charge in [-0.1, -0.05) is 73.6 Å². The van der Waals surface area contributed by atoms with E-state index in [1.165, 1.54) is 20.8 Å². The van der Waals surface area contributed by atoms with E-state index in [4.69, 9.17) is 5.73 Å². The molecule has 0 saturated carbocycles. The summed E-state index contributed by atoms with van der Waals surface area (Å²) in [6, 6.07) is -6.50. The molecule has 0 unspecified atom stereocenters. The van der Waals surface area contributed by atoms with Gasteiger partial charge in [-0.05, 0) is 93.6 Å². The highest BCUT2D eigenvalue weighted by molar-refractivity contribution is 6.00. The number of aliphatic hydroxyl groups is 1. The van der Waals surface area contributed by atoms with E-state index < -0.39 is 237 Å². The van der Waals surface area contributed by atoms with Crippen LogP contribution in [-0.4, -0.2) is 248 Å². The first-order valence-corrected chi connectivity index (χ1v) is 34.6. The topological polar surface area (TPSA) is 564 Å². The molecule has 2 aliphatic rings.